The van der Waals surface area contributed by atoms with Crippen molar-refractivity contribution in [2.45, 2.75) is 95.8 Å². The van der Waals surface area contributed by atoms with E-state index >= 15 is 0 Å². The van der Waals surface area contributed by atoms with Gasteiger partial charge in [-0.3, -0.25) is 4.79 Å². The molecule has 0 spiro atoms. The second-order valence-corrected chi connectivity index (χ2v) is 9.59. The lowest BCUT2D eigenvalue weighted by Crippen LogP contribution is -2.33. The summed E-state index contributed by atoms with van der Waals surface area (Å²) < 4.78 is 5.38. The molecule has 0 aromatic heterocycles. The van der Waals surface area contributed by atoms with E-state index in [1.165, 1.54) is 31.3 Å². The quantitative estimate of drug-likeness (QED) is 0.385. The second-order valence-electron chi connectivity index (χ2n) is 8.08. The van der Waals surface area contributed by atoms with E-state index in [1.54, 1.807) is 6.92 Å². The molecule has 1 aliphatic carbocycles. The highest BCUT2D eigenvalue weighted by atomic mass is 32.2. The third-order valence-electron chi connectivity index (χ3n) is 5.41. The predicted octanol–water partition coefficient (Wildman–Crippen LogP) is 5.51. The monoisotopic (exact) mass is 370 g/mol. The molecule has 2 atom stereocenters. The molecule has 3 nitrogen and oxygen atoms in total. The van der Waals surface area contributed by atoms with Gasteiger partial charge >= 0.3 is 5.97 Å². The molecule has 0 bridgehead atoms. The van der Waals surface area contributed by atoms with Crippen molar-refractivity contribution in [3.05, 3.63) is 11.6 Å². The van der Waals surface area contributed by atoms with Crippen LogP contribution in [-0.2, 0) is 9.53 Å². The van der Waals surface area contributed by atoms with Gasteiger partial charge < -0.3 is 9.84 Å². The highest BCUT2D eigenvalue weighted by Gasteiger charge is 2.31. The lowest BCUT2D eigenvalue weighted by molar-refractivity contribution is -0.147. The van der Waals surface area contributed by atoms with Gasteiger partial charge in [-0.1, -0.05) is 51.7 Å². The van der Waals surface area contributed by atoms with Crippen LogP contribution < -0.4 is 0 Å². The van der Waals surface area contributed by atoms with Crippen LogP contribution in [0.1, 0.15) is 85.5 Å². The van der Waals surface area contributed by atoms with E-state index in [0.29, 0.717) is 23.7 Å². The standard InChI is InChI=1S/C21H38O3S/c1-6-17(10-8-12-20(3,4)25-5)14-18-11-9-13-21(23,15-18)16-19(22)24-7-2/h15,17,23H,6-14,16H2,1-5H3. The number of ether oxygens (including phenoxy) is 1. The average molecular weight is 371 g/mol. The molecule has 146 valence electrons. The fourth-order valence-corrected chi connectivity index (χ4v) is 4.00. The Morgan fingerprint density at radius 3 is 2.76 bits per heavy atom. The number of esters is 1. The largest absolute Gasteiger partial charge is 0.466 e. The number of hydrogen-bond acceptors (Lipinski definition) is 4. The number of rotatable bonds is 11. The van der Waals surface area contributed by atoms with Gasteiger partial charge in [0.05, 0.1) is 18.6 Å². The van der Waals surface area contributed by atoms with Crippen LogP contribution in [0.25, 0.3) is 0 Å². The van der Waals surface area contributed by atoms with Crippen LogP contribution in [0.15, 0.2) is 11.6 Å². The minimum atomic E-state index is -1.00. The summed E-state index contributed by atoms with van der Waals surface area (Å²) in [6.45, 7) is 9.07. The van der Waals surface area contributed by atoms with Gasteiger partial charge in [-0.2, -0.15) is 11.8 Å². The molecule has 2 unspecified atom stereocenters. The smallest absolute Gasteiger partial charge is 0.309 e. The third kappa shape index (κ3) is 8.63. The van der Waals surface area contributed by atoms with Gasteiger partial charge in [0, 0.05) is 4.75 Å². The van der Waals surface area contributed by atoms with Crippen molar-refractivity contribution in [3.63, 3.8) is 0 Å². The number of carbonyl (C=O) groups is 1. The molecular weight excluding hydrogens is 332 g/mol. The van der Waals surface area contributed by atoms with Crippen molar-refractivity contribution in [2.24, 2.45) is 5.92 Å². The van der Waals surface area contributed by atoms with Gasteiger partial charge in [0.2, 0.25) is 0 Å². The Kier molecular flexibility index (Phi) is 9.58. The molecule has 0 heterocycles. The Morgan fingerprint density at radius 2 is 2.16 bits per heavy atom. The summed E-state index contributed by atoms with van der Waals surface area (Å²) in [5.41, 5.74) is 0.327. The van der Waals surface area contributed by atoms with Crippen LogP contribution in [0.4, 0.5) is 0 Å². The number of carbonyl (C=O) groups excluding carboxylic acids is 1. The van der Waals surface area contributed by atoms with Crippen molar-refractivity contribution in [3.8, 4) is 0 Å². The topological polar surface area (TPSA) is 46.5 Å². The molecule has 0 saturated heterocycles. The van der Waals surface area contributed by atoms with Crippen molar-refractivity contribution in [1.82, 2.24) is 0 Å². The highest BCUT2D eigenvalue weighted by molar-refractivity contribution is 7.99. The first kappa shape index (κ1) is 22.6. The Labute approximate surface area is 159 Å². The molecule has 1 aliphatic rings. The van der Waals surface area contributed by atoms with Crippen LogP contribution in [-0.4, -0.2) is 34.3 Å². The first-order chi connectivity index (χ1) is 11.7. The maximum atomic E-state index is 11.8. The van der Waals surface area contributed by atoms with Gasteiger partial charge in [-0.15, -0.1) is 0 Å². The summed E-state index contributed by atoms with van der Waals surface area (Å²) >= 11 is 1.94. The van der Waals surface area contributed by atoms with Crippen molar-refractivity contribution >= 4 is 17.7 Å². The van der Waals surface area contributed by atoms with Crippen LogP contribution in [0.3, 0.4) is 0 Å². The number of aliphatic hydroxyl groups is 1. The molecule has 25 heavy (non-hydrogen) atoms. The zero-order valence-corrected chi connectivity index (χ0v) is 17.7. The van der Waals surface area contributed by atoms with Crippen molar-refractivity contribution < 1.29 is 14.6 Å². The first-order valence-electron chi connectivity index (χ1n) is 9.87. The van der Waals surface area contributed by atoms with Crippen molar-refractivity contribution in [2.75, 3.05) is 12.9 Å². The number of hydrogen-bond donors (Lipinski definition) is 1. The zero-order chi connectivity index (χ0) is 18.9. The molecule has 1 N–H and O–H groups in total. The van der Waals surface area contributed by atoms with Gasteiger partial charge in [-0.25, -0.2) is 0 Å². The lowest BCUT2D eigenvalue weighted by Gasteiger charge is -2.31. The zero-order valence-electron chi connectivity index (χ0n) is 16.9. The average Bonchev–Trinajstić information content (AvgIpc) is 2.53. The fourth-order valence-electron chi connectivity index (χ4n) is 3.65. The van der Waals surface area contributed by atoms with Crippen LogP contribution in [0, 0.1) is 5.92 Å². The van der Waals surface area contributed by atoms with E-state index in [1.807, 2.05) is 17.8 Å². The van der Waals surface area contributed by atoms with E-state index < -0.39 is 5.60 Å². The fraction of sp³-hybridized carbons (Fsp3) is 0.857. The Hall–Kier alpha value is -0.480. The second kappa shape index (κ2) is 10.6. The molecule has 1 rings (SSSR count). The molecular formula is C21H38O3S. The predicted molar refractivity (Wildman–Crippen MR) is 108 cm³/mol. The van der Waals surface area contributed by atoms with Gasteiger partial charge in [-0.05, 0) is 51.2 Å². The van der Waals surface area contributed by atoms with Gasteiger partial charge in [0.1, 0.15) is 0 Å². The maximum Gasteiger partial charge on any atom is 0.309 e. The number of thioether (sulfide) groups is 1. The minimum Gasteiger partial charge on any atom is -0.466 e. The van der Waals surface area contributed by atoms with Crippen LogP contribution in [0.2, 0.25) is 0 Å². The molecule has 0 aliphatic heterocycles. The summed E-state index contributed by atoms with van der Waals surface area (Å²) in [5, 5.41) is 10.8. The molecule has 0 aromatic carbocycles. The Bertz CT molecular complexity index is 444. The number of allylic oxidation sites excluding steroid dienone is 1. The minimum absolute atomic E-state index is 0.0864. The van der Waals surface area contributed by atoms with Gasteiger partial charge in [0.15, 0.2) is 0 Å². The maximum absolute atomic E-state index is 11.8. The van der Waals surface area contributed by atoms with Crippen LogP contribution in [0.5, 0.6) is 0 Å². The van der Waals surface area contributed by atoms with Gasteiger partial charge in [0.25, 0.3) is 0 Å². The summed E-state index contributed by atoms with van der Waals surface area (Å²) in [4.78, 5) is 11.8. The summed E-state index contributed by atoms with van der Waals surface area (Å²) in [7, 11) is 0. The third-order valence-corrected chi connectivity index (χ3v) is 6.72. The summed E-state index contributed by atoms with van der Waals surface area (Å²) in [6.07, 6.45) is 12.9. The molecule has 0 radical (unpaired) electrons. The molecule has 4 heteroatoms. The molecule has 0 amide bonds. The van der Waals surface area contributed by atoms with E-state index in [4.69, 9.17) is 4.74 Å². The Balaban J connectivity index is 2.58. The van der Waals surface area contributed by atoms with E-state index in [0.717, 1.165) is 19.3 Å². The van der Waals surface area contributed by atoms with Crippen molar-refractivity contribution in [1.29, 1.82) is 0 Å². The van der Waals surface area contributed by atoms with E-state index in [-0.39, 0.29) is 12.4 Å². The van der Waals surface area contributed by atoms with Crippen LogP contribution >= 0.6 is 11.8 Å². The lowest BCUT2D eigenvalue weighted by atomic mass is 9.80. The normalized spacial score (nSPS) is 22.4. The van der Waals surface area contributed by atoms with E-state index in [9.17, 15) is 9.90 Å². The molecule has 0 saturated carbocycles. The molecule has 0 fully saturated rings. The SMILES string of the molecule is CCOC(=O)CC1(O)C=C(CC(CC)CCCC(C)(C)SC)CCC1. The molecule has 0 aromatic rings. The van der Waals surface area contributed by atoms with E-state index in [2.05, 4.69) is 27.0 Å². The summed E-state index contributed by atoms with van der Waals surface area (Å²) in [6, 6.07) is 0. The first-order valence-corrected chi connectivity index (χ1v) is 11.1. The highest BCUT2D eigenvalue weighted by Crippen LogP contribution is 2.35. The summed E-state index contributed by atoms with van der Waals surface area (Å²) in [5.74, 6) is 0.377. The Morgan fingerprint density at radius 1 is 1.44 bits per heavy atom.